The van der Waals surface area contributed by atoms with Gasteiger partial charge in [0.25, 0.3) is 0 Å². The minimum absolute atomic E-state index is 0.323. The Labute approximate surface area is 154 Å². The Balaban J connectivity index is 1.80. The molecule has 3 aromatic rings. The van der Waals surface area contributed by atoms with E-state index in [4.69, 9.17) is 9.52 Å². The summed E-state index contributed by atoms with van der Waals surface area (Å²) >= 11 is 0. The van der Waals surface area contributed by atoms with Crippen LogP contribution in [-0.2, 0) is 11.3 Å². The van der Waals surface area contributed by atoms with Crippen LogP contribution in [0.4, 0.5) is 5.69 Å². The van der Waals surface area contributed by atoms with Gasteiger partial charge < -0.3 is 14.4 Å². The maximum absolute atomic E-state index is 11.9. The molecule has 1 aromatic heterocycles. The molecule has 7 nitrogen and oxygen atoms in total. The van der Waals surface area contributed by atoms with Crippen LogP contribution in [0.15, 0.2) is 45.6 Å². The summed E-state index contributed by atoms with van der Waals surface area (Å²) in [7, 11) is 0. The lowest BCUT2D eigenvalue weighted by atomic mass is 10.0. The molecule has 2 aromatic carbocycles. The van der Waals surface area contributed by atoms with Gasteiger partial charge in [0, 0.05) is 18.8 Å². The Kier molecular flexibility index (Phi) is 4.16. The van der Waals surface area contributed by atoms with Crippen LogP contribution >= 0.6 is 0 Å². The van der Waals surface area contributed by atoms with Crippen molar-refractivity contribution in [2.45, 2.75) is 19.4 Å². The Bertz CT molecular complexity index is 1130. The van der Waals surface area contributed by atoms with Gasteiger partial charge in [0.05, 0.1) is 17.1 Å². The van der Waals surface area contributed by atoms with E-state index in [2.05, 4.69) is 11.0 Å². The van der Waals surface area contributed by atoms with Crippen LogP contribution in [0.25, 0.3) is 22.2 Å². The van der Waals surface area contributed by atoms with Crippen molar-refractivity contribution in [3.63, 3.8) is 0 Å². The maximum Gasteiger partial charge on any atom is 0.420 e. The molecule has 0 unspecified atom stereocenters. The van der Waals surface area contributed by atoms with Crippen LogP contribution in [0.5, 0.6) is 0 Å². The van der Waals surface area contributed by atoms with Gasteiger partial charge in [-0.3, -0.25) is 9.36 Å². The van der Waals surface area contributed by atoms with E-state index in [-0.39, 0.29) is 0 Å². The highest BCUT2D eigenvalue weighted by molar-refractivity contribution is 5.83. The zero-order valence-electron chi connectivity index (χ0n) is 14.5. The van der Waals surface area contributed by atoms with Gasteiger partial charge in [-0.2, -0.15) is 5.26 Å². The van der Waals surface area contributed by atoms with E-state index in [0.717, 1.165) is 47.3 Å². The molecule has 0 spiro atoms. The molecule has 1 fully saturated rings. The van der Waals surface area contributed by atoms with Gasteiger partial charge in [-0.15, -0.1) is 0 Å². The molecule has 0 atom stereocenters. The zero-order chi connectivity index (χ0) is 19.0. The summed E-state index contributed by atoms with van der Waals surface area (Å²) in [6, 6.07) is 13.1. The van der Waals surface area contributed by atoms with Crippen LogP contribution in [0.3, 0.4) is 0 Å². The van der Waals surface area contributed by atoms with Crippen molar-refractivity contribution in [1.29, 1.82) is 5.26 Å². The number of nitriles is 1. The summed E-state index contributed by atoms with van der Waals surface area (Å²) in [6.45, 7) is 1.49. The highest BCUT2D eigenvalue weighted by Crippen LogP contribution is 2.30. The number of carbonyl (C=O) groups is 1. The van der Waals surface area contributed by atoms with Gasteiger partial charge in [0.2, 0.25) is 0 Å². The first-order valence-electron chi connectivity index (χ1n) is 8.71. The summed E-state index contributed by atoms with van der Waals surface area (Å²) in [4.78, 5) is 25.1. The molecule has 1 saturated heterocycles. The molecular formula is C20H17N3O4. The smallest absolute Gasteiger partial charge is 0.420 e. The van der Waals surface area contributed by atoms with Crippen LogP contribution in [0.2, 0.25) is 0 Å². The van der Waals surface area contributed by atoms with Crippen molar-refractivity contribution in [3.05, 3.63) is 52.5 Å². The SMILES string of the molecule is N#Cc1cc(-c2ccc3c(c2)oc(=O)n3CC(=O)O)cc(N2CCCC2)c1. The minimum atomic E-state index is -1.11. The number of rotatable bonds is 4. The fourth-order valence-corrected chi connectivity index (χ4v) is 3.53. The van der Waals surface area contributed by atoms with E-state index >= 15 is 0 Å². The molecule has 1 aliphatic heterocycles. The number of aromatic nitrogens is 1. The number of aliphatic carboxylic acids is 1. The van der Waals surface area contributed by atoms with E-state index in [1.54, 1.807) is 24.3 Å². The molecule has 0 saturated carbocycles. The second kappa shape index (κ2) is 6.65. The van der Waals surface area contributed by atoms with Crippen molar-refractivity contribution in [2.75, 3.05) is 18.0 Å². The molecular weight excluding hydrogens is 346 g/mol. The summed E-state index contributed by atoms with van der Waals surface area (Å²) < 4.78 is 6.30. The van der Waals surface area contributed by atoms with E-state index in [1.165, 1.54) is 0 Å². The van der Waals surface area contributed by atoms with Gasteiger partial charge in [-0.05, 0) is 54.3 Å². The molecule has 0 radical (unpaired) electrons. The number of nitrogens with zero attached hydrogens (tertiary/aromatic N) is 3. The van der Waals surface area contributed by atoms with Crippen molar-refractivity contribution >= 4 is 22.8 Å². The summed E-state index contributed by atoms with van der Waals surface area (Å²) in [6.07, 6.45) is 2.28. The van der Waals surface area contributed by atoms with Gasteiger partial charge in [0.15, 0.2) is 5.58 Å². The molecule has 136 valence electrons. The third-order valence-corrected chi connectivity index (χ3v) is 4.81. The van der Waals surface area contributed by atoms with E-state index in [1.807, 2.05) is 12.1 Å². The number of carboxylic acids is 1. The van der Waals surface area contributed by atoms with Gasteiger partial charge in [0.1, 0.15) is 6.54 Å². The van der Waals surface area contributed by atoms with Gasteiger partial charge in [-0.1, -0.05) is 6.07 Å². The summed E-state index contributed by atoms with van der Waals surface area (Å²) in [5.41, 5.74) is 3.99. The third-order valence-electron chi connectivity index (χ3n) is 4.81. The lowest BCUT2D eigenvalue weighted by Crippen LogP contribution is -2.19. The molecule has 0 bridgehead atoms. The molecule has 7 heteroatoms. The lowest BCUT2D eigenvalue weighted by Gasteiger charge is -2.19. The predicted octanol–water partition coefficient (Wildman–Crippen LogP) is 2.82. The lowest BCUT2D eigenvalue weighted by molar-refractivity contribution is -0.137. The van der Waals surface area contributed by atoms with Gasteiger partial charge in [-0.25, -0.2) is 4.79 Å². The number of anilines is 1. The number of oxazole rings is 1. The topological polar surface area (TPSA) is 99.5 Å². The average molecular weight is 363 g/mol. The first-order valence-corrected chi connectivity index (χ1v) is 8.71. The molecule has 1 N–H and O–H groups in total. The monoisotopic (exact) mass is 363 g/mol. The summed E-state index contributed by atoms with van der Waals surface area (Å²) in [5.74, 6) is -1.81. The second-order valence-electron chi connectivity index (χ2n) is 6.60. The fourth-order valence-electron chi connectivity index (χ4n) is 3.53. The van der Waals surface area contributed by atoms with Crippen molar-refractivity contribution in [1.82, 2.24) is 4.57 Å². The minimum Gasteiger partial charge on any atom is -0.480 e. The fraction of sp³-hybridized carbons (Fsp3) is 0.250. The maximum atomic E-state index is 11.9. The Morgan fingerprint density at radius 1 is 1.15 bits per heavy atom. The number of benzene rings is 2. The van der Waals surface area contributed by atoms with Crippen molar-refractivity contribution < 1.29 is 14.3 Å². The average Bonchev–Trinajstić information content (AvgIpc) is 3.29. The number of carboxylic acid groups (broad SMARTS) is 1. The highest BCUT2D eigenvalue weighted by atomic mass is 16.4. The van der Waals surface area contributed by atoms with E-state index in [9.17, 15) is 14.9 Å². The number of hydrogen-bond donors (Lipinski definition) is 1. The normalized spacial score (nSPS) is 13.8. The Morgan fingerprint density at radius 2 is 1.93 bits per heavy atom. The molecule has 4 rings (SSSR count). The Hall–Kier alpha value is -3.53. The molecule has 0 amide bonds. The van der Waals surface area contributed by atoms with E-state index < -0.39 is 18.3 Å². The van der Waals surface area contributed by atoms with Crippen molar-refractivity contribution in [2.24, 2.45) is 0 Å². The first kappa shape index (κ1) is 16.9. The quantitative estimate of drug-likeness (QED) is 0.765. The van der Waals surface area contributed by atoms with E-state index in [0.29, 0.717) is 16.7 Å². The number of hydrogen-bond acceptors (Lipinski definition) is 5. The van der Waals surface area contributed by atoms with Crippen LogP contribution < -0.4 is 10.7 Å². The standard InChI is InChI=1S/C20H17N3O4/c21-11-13-7-15(9-16(8-13)22-5-1-2-6-22)14-3-4-17-18(10-14)27-20(26)23(17)12-19(24)25/h3-4,7-10H,1-2,5-6,12H2,(H,24,25). The molecule has 0 aliphatic carbocycles. The zero-order valence-corrected chi connectivity index (χ0v) is 14.5. The molecule has 1 aliphatic rings. The molecule has 27 heavy (non-hydrogen) atoms. The van der Waals surface area contributed by atoms with Gasteiger partial charge >= 0.3 is 11.7 Å². The van der Waals surface area contributed by atoms with Crippen LogP contribution in [0, 0.1) is 11.3 Å². The Morgan fingerprint density at radius 3 is 2.63 bits per heavy atom. The first-order chi connectivity index (χ1) is 13.0. The second-order valence-corrected chi connectivity index (χ2v) is 6.60. The third kappa shape index (κ3) is 3.17. The molecule has 2 heterocycles. The number of fused-ring (bicyclic) bond motifs is 1. The largest absolute Gasteiger partial charge is 0.480 e. The highest BCUT2D eigenvalue weighted by Gasteiger charge is 2.16. The van der Waals surface area contributed by atoms with Crippen molar-refractivity contribution in [3.8, 4) is 17.2 Å². The van der Waals surface area contributed by atoms with Crippen LogP contribution in [0.1, 0.15) is 18.4 Å². The van der Waals surface area contributed by atoms with Crippen LogP contribution in [-0.4, -0.2) is 28.7 Å². The summed E-state index contributed by atoms with van der Waals surface area (Å²) in [5, 5.41) is 18.3. The predicted molar refractivity (Wildman–Crippen MR) is 99.7 cm³/mol.